The number of carboxylic acids is 1. The van der Waals surface area contributed by atoms with Crippen LogP contribution in [0.25, 0.3) is 0 Å². The van der Waals surface area contributed by atoms with Crippen LogP contribution in [0.1, 0.15) is 6.92 Å². The molecule has 1 saturated heterocycles. The van der Waals surface area contributed by atoms with Crippen molar-refractivity contribution in [1.82, 2.24) is 15.1 Å². The molecule has 3 amide bonds. The van der Waals surface area contributed by atoms with Gasteiger partial charge < -0.3 is 25.8 Å². The van der Waals surface area contributed by atoms with Crippen LogP contribution in [0.3, 0.4) is 0 Å². The molecular formula is C12H22N4O5. The van der Waals surface area contributed by atoms with Crippen molar-refractivity contribution >= 4 is 17.9 Å². The van der Waals surface area contributed by atoms with Gasteiger partial charge in [-0.1, -0.05) is 0 Å². The SMILES string of the molecule is CC(CN1CCOCC1)NC(=O)N(CC(N)=O)CC(=O)O. The van der Waals surface area contributed by atoms with E-state index in [2.05, 4.69) is 10.2 Å². The average molecular weight is 302 g/mol. The first-order valence-corrected chi connectivity index (χ1v) is 6.74. The number of amides is 3. The van der Waals surface area contributed by atoms with Crippen LogP contribution in [0.4, 0.5) is 4.79 Å². The summed E-state index contributed by atoms with van der Waals surface area (Å²) in [5.41, 5.74) is 5.01. The molecule has 0 aromatic heterocycles. The largest absolute Gasteiger partial charge is 0.480 e. The van der Waals surface area contributed by atoms with E-state index in [1.165, 1.54) is 0 Å². The second-order valence-corrected chi connectivity index (χ2v) is 4.98. The maximum absolute atomic E-state index is 12.0. The van der Waals surface area contributed by atoms with Crippen LogP contribution in [0.15, 0.2) is 0 Å². The summed E-state index contributed by atoms with van der Waals surface area (Å²) in [6, 6.07) is -0.795. The summed E-state index contributed by atoms with van der Waals surface area (Å²) in [5, 5.41) is 11.4. The van der Waals surface area contributed by atoms with Crippen LogP contribution in [0.5, 0.6) is 0 Å². The second-order valence-electron chi connectivity index (χ2n) is 4.98. The van der Waals surface area contributed by atoms with Crippen molar-refractivity contribution in [1.29, 1.82) is 0 Å². The standard InChI is InChI=1S/C12H22N4O5/c1-9(6-15-2-4-21-5-3-15)14-12(20)16(7-10(13)17)8-11(18)19/h9H,2-8H2,1H3,(H2,13,17)(H,14,20)(H,18,19). The predicted octanol–water partition coefficient (Wildman–Crippen LogP) is -1.71. The lowest BCUT2D eigenvalue weighted by Gasteiger charge is -2.30. The number of hydrogen-bond acceptors (Lipinski definition) is 5. The van der Waals surface area contributed by atoms with Crippen molar-refractivity contribution in [2.24, 2.45) is 5.73 Å². The maximum Gasteiger partial charge on any atom is 0.323 e. The van der Waals surface area contributed by atoms with Crippen LogP contribution < -0.4 is 11.1 Å². The fourth-order valence-electron chi connectivity index (χ4n) is 2.07. The van der Waals surface area contributed by atoms with E-state index in [9.17, 15) is 14.4 Å². The molecule has 21 heavy (non-hydrogen) atoms. The molecule has 0 saturated carbocycles. The number of aliphatic carboxylic acids is 1. The highest BCUT2D eigenvalue weighted by molar-refractivity contribution is 5.86. The third kappa shape index (κ3) is 6.91. The van der Waals surface area contributed by atoms with E-state index in [0.29, 0.717) is 19.8 Å². The van der Waals surface area contributed by atoms with Crippen molar-refractivity contribution in [2.45, 2.75) is 13.0 Å². The lowest BCUT2D eigenvalue weighted by atomic mass is 10.3. The van der Waals surface area contributed by atoms with Crippen molar-refractivity contribution in [3.63, 3.8) is 0 Å². The van der Waals surface area contributed by atoms with Gasteiger partial charge in [0.25, 0.3) is 0 Å². The Hall–Kier alpha value is -1.87. The molecule has 1 aliphatic rings. The van der Waals surface area contributed by atoms with Crippen LogP contribution in [0, 0.1) is 0 Å². The molecule has 0 radical (unpaired) electrons. The first kappa shape index (κ1) is 17.2. The second kappa shape index (κ2) is 8.42. The number of carbonyl (C=O) groups excluding carboxylic acids is 2. The Morgan fingerprint density at radius 2 is 1.95 bits per heavy atom. The van der Waals surface area contributed by atoms with Crippen molar-refractivity contribution in [3.05, 3.63) is 0 Å². The third-order valence-electron chi connectivity index (χ3n) is 2.97. The maximum atomic E-state index is 12.0. The Balaban J connectivity index is 2.46. The number of carboxylic acid groups (broad SMARTS) is 1. The monoisotopic (exact) mass is 302 g/mol. The van der Waals surface area contributed by atoms with E-state index >= 15 is 0 Å². The Kier molecular flexibility index (Phi) is 6.89. The fourth-order valence-corrected chi connectivity index (χ4v) is 2.07. The first-order chi connectivity index (χ1) is 9.88. The zero-order chi connectivity index (χ0) is 15.8. The van der Waals surface area contributed by atoms with Crippen LogP contribution in [-0.4, -0.2) is 84.8 Å². The number of nitrogens with two attached hydrogens (primary N) is 1. The minimum atomic E-state index is -1.20. The average Bonchev–Trinajstić information content (AvgIpc) is 2.37. The zero-order valence-corrected chi connectivity index (χ0v) is 12.1. The minimum absolute atomic E-state index is 0.181. The van der Waals surface area contributed by atoms with E-state index in [1.54, 1.807) is 0 Å². The normalized spacial score (nSPS) is 17.0. The van der Waals surface area contributed by atoms with Gasteiger partial charge in [-0.25, -0.2) is 4.79 Å². The molecule has 120 valence electrons. The van der Waals surface area contributed by atoms with Crippen molar-refractivity contribution in [3.8, 4) is 0 Å². The molecule has 0 aromatic carbocycles. The number of primary amides is 1. The van der Waals surface area contributed by atoms with Gasteiger partial charge in [0, 0.05) is 25.7 Å². The smallest absolute Gasteiger partial charge is 0.323 e. The summed E-state index contributed by atoms with van der Waals surface area (Å²) >= 11 is 0. The molecule has 1 fully saturated rings. The Morgan fingerprint density at radius 1 is 1.33 bits per heavy atom. The van der Waals surface area contributed by atoms with Gasteiger partial charge >= 0.3 is 12.0 Å². The van der Waals surface area contributed by atoms with Gasteiger partial charge in [-0.3, -0.25) is 14.5 Å². The summed E-state index contributed by atoms with van der Waals surface area (Å²) in [7, 11) is 0. The van der Waals surface area contributed by atoms with E-state index in [-0.39, 0.29) is 6.04 Å². The van der Waals surface area contributed by atoms with Gasteiger partial charge in [-0.05, 0) is 6.92 Å². The summed E-state index contributed by atoms with van der Waals surface area (Å²) in [6.45, 7) is 4.35. The molecule has 1 unspecified atom stereocenters. The highest BCUT2D eigenvalue weighted by atomic mass is 16.5. The molecule has 0 aromatic rings. The summed E-state index contributed by atoms with van der Waals surface area (Å²) in [4.78, 5) is 36.6. The predicted molar refractivity (Wildman–Crippen MR) is 73.7 cm³/mol. The van der Waals surface area contributed by atoms with E-state index in [0.717, 1.165) is 18.0 Å². The van der Waals surface area contributed by atoms with Gasteiger partial charge in [0.2, 0.25) is 5.91 Å². The Labute approximate surface area is 123 Å². The first-order valence-electron chi connectivity index (χ1n) is 6.74. The molecule has 0 bridgehead atoms. The number of hydrogen-bond donors (Lipinski definition) is 3. The van der Waals surface area contributed by atoms with Crippen molar-refractivity contribution in [2.75, 3.05) is 45.9 Å². The molecule has 4 N–H and O–H groups in total. The number of morpholine rings is 1. The van der Waals surface area contributed by atoms with Crippen LogP contribution in [-0.2, 0) is 14.3 Å². The number of nitrogens with zero attached hydrogens (tertiary/aromatic N) is 2. The van der Waals surface area contributed by atoms with Gasteiger partial charge in [0.05, 0.1) is 13.2 Å². The van der Waals surface area contributed by atoms with E-state index in [4.69, 9.17) is 15.6 Å². The molecule has 1 atom stereocenters. The number of ether oxygens (including phenoxy) is 1. The number of rotatable bonds is 7. The summed E-state index contributed by atoms with van der Waals surface area (Å²) in [6.07, 6.45) is 0. The number of nitrogens with one attached hydrogen (secondary N) is 1. The summed E-state index contributed by atoms with van der Waals surface area (Å²) < 4.78 is 5.23. The van der Waals surface area contributed by atoms with Gasteiger partial charge in [0.1, 0.15) is 13.1 Å². The van der Waals surface area contributed by atoms with Gasteiger partial charge in [-0.2, -0.15) is 0 Å². The Morgan fingerprint density at radius 3 is 2.48 bits per heavy atom. The molecule has 0 aliphatic carbocycles. The quantitative estimate of drug-likeness (QED) is 0.514. The van der Waals surface area contributed by atoms with Crippen LogP contribution >= 0.6 is 0 Å². The number of urea groups is 1. The fraction of sp³-hybridized carbons (Fsp3) is 0.750. The molecule has 1 rings (SSSR count). The number of carbonyl (C=O) groups is 3. The summed E-state index contributed by atoms with van der Waals surface area (Å²) in [5.74, 6) is -1.96. The van der Waals surface area contributed by atoms with Crippen LogP contribution in [0.2, 0.25) is 0 Å². The molecule has 0 spiro atoms. The third-order valence-corrected chi connectivity index (χ3v) is 2.97. The zero-order valence-electron chi connectivity index (χ0n) is 12.1. The highest BCUT2D eigenvalue weighted by Gasteiger charge is 2.21. The molecule has 1 heterocycles. The van der Waals surface area contributed by atoms with Gasteiger partial charge in [-0.15, -0.1) is 0 Å². The molecule has 9 heteroatoms. The highest BCUT2D eigenvalue weighted by Crippen LogP contribution is 1.99. The molecule has 1 aliphatic heterocycles. The minimum Gasteiger partial charge on any atom is -0.480 e. The van der Waals surface area contributed by atoms with E-state index < -0.39 is 31.0 Å². The lowest BCUT2D eigenvalue weighted by molar-refractivity contribution is -0.137. The Bertz CT molecular complexity index is 368. The topological polar surface area (TPSA) is 125 Å². The lowest BCUT2D eigenvalue weighted by Crippen LogP contribution is -2.52. The van der Waals surface area contributed by atoms with Gasteiger partial charge in [0.15, 0.2) is 0 Å². The van der Waals surface area contributed by atoms with Crippen molar-refractivity contribution < 1.29 is 24.2 Å². The van der Waals surface area contributed by atoms with E-state index in [1.807, 2.05) is 6.92 Å². The molecular weight excluding hydrogens is 280 g/mol. The molecule has 9 nitrogen and oxygen atoms in total.